The average molecular weight is 444 g/mol. The minimum absolute atomic E-state index is 5.24. The first-order valence-corrected chi connectivity index (χ1v) is 5.43. The molecule has 0 rings (SSSR count). The molecule has 0 amide bonds. The molecule has 0 aromatic heterocycles. The second kappa shape index (κ2) is 6.11. The zero-order chi connectivity index (χ0) is 22.7. The molecule has 0 saturated carbocycles. The standard InChI is InChI=1S/C9F16O2/c10-3(11,1(26)5(14,15)7(18,19)9(23,24)25)4(12,13)2(27)6(16,17)8(20,21)22. The van der Waals surface area contributed by atoms with Crippen LogP contribution in [0.2, 0.25) is 0 Å². The van der Waals surface area contributed by atoms with E-state index in [-0.39, 0.29) is 0 Å². The molecule has 0 aromatic rings. The minimum atomic E-state index is -7.82. The van der Waals surface area contributed by atoms with Crippen molar-refractivity contribution >= 4 is 11.6 Å². The molecule has 0 atom stereocenters. The molecule has 0 aromatic carbocycles. The Morgan fingerprint density at radius 3 is 0.852 bits per heavy atom. The van der Waals surface area contributed by atoms with E-state index in [0.29, 0.717) is 0 Å². The van der Waals surface area contributed by atoms with Gasteiger partial charge < -0.3 is 0 Å². The maximum absolute atomic E-state index is 13.0. The molecule has 0 unspecified atom stereocenters. The van der Waals surface area contributed by atoms with Crippen LogP contribution in [0, 0.1) is 0 Å². The van der Waals surface area contributed by atoms with Gasteiger partial charge in [0.1, 0.15) is 0 Å². The van der Waals surface area contributed by atoms with Crippen molar-refractivity contribution in [2.24, 2.45) is 0 Å². The Bertz CT molecular complexity index is 608. The number of carbonyl (C=O) groups excluding carboxylic acids is 2. The second-order valence-corrected chi connectivity index (χ2v) is 4.53. The highest BCUT2D eigenvalue weighted by Crippen LogP contribution is 2.52. The van der Waals surface area contributed by atoms with E-state index >= 15 is 0 Å². The van der Waals surface area contributed by atoms with E-state index in [1.165, 1.54) is 0 Å². The molecular formula is C9F16O2. The van der Waals surface area contributed by atoms with Gasteiger partial charge in [0, 0.05) is 0 Å². The molecule has 0 fully saturated rings. The molecule has 27 heavy (non-hydrogen) atoms. The van der Waals surface area contributed by atoms with Gasteiger partial charge in [0.25, 0.3) is 11.6 Å². The Morgan fingerprint density at radius 1 is 0.370 bits per heavy atom. The first-order valence-electron chi connectivity index (χ1n) is 5.43. The number of ketones is 2. The highest BCUT2D eigenvalue weighted by molar-refractivity contribution is 6.03. The quantitative estimate of drug-likeness (QED) is 0.569. The van der Waals surface area contributed by atoms with E-state index < -0.39 is 53.5 Å². The molecule has 0 bridgehead atoms. The summed E-state index contributed by atoms with van der Waals surface area (Å²) < 4.78 is 197. The number of hydrogen-bond acceptors (Lipinski definition) is 2. The van der Waals surface area contributed by atoms with Crippen LogP contribution in [0.15, 0.2) is 0 Å². The van der Waals surface area contributed by atoms with E-state index in [4.69, 9.17) is 0 Å². The highest BCUT2D eigenvalue weighted by Gasteiger charge is 2.85. The monoisotopic (exact) mass is 444 g/mol. The zero-order valence-electron chi connectivity index (χ0n) is 11.4. The molecule has 0 aliphatic carbocycles. The number of halogens is 16. The molecule has 0 saturated heterocycles. The van der Waals surface area contributed by atoms with Gasteiger partial charge in [-0.05, 0) is 0 Å². The van der Waals surface area contributed by atoms with Crippen molar-refractivity contribution in [2.45, 2.75) is 42.0 Å². The van der Waals surface area contributed by atoms with Crippen molar-refractivity contribution in [3.63, 3.8) is 0 Å². The van der Waals surface area contributed by atoms with Gasteiger partial charge in [-0.25, -0.2) is 0 Å². The fraction of sp³-hybridized carbons (Fsp3) is 0.778. The Morgan fingerprint density at radius 2 is 0.630 bits per heavy atom. The van der Waals surface area contributed by atoms with E-state index in [9.17, 15) is 79.8 Å². The molecule has 160 valence electrons. The maximum Gasteiger partial charge on any atom is 0.461 e. The van der Waals surface area contributed by atoms with Crippen molar-refractivity contribution in [1.82, 2.24) is 0 Å². The lowest BCUT2D eigenvalue weighted by atomic mass is 9.93. The van der Waals surface area contributed by atoms with Gasteiger partial charge in [-0.1, -0.05) is 0 Å². The Hall–Kier alpha value is -1.78. The van der Waals surface area contributed by atoms with Gasteiger partial charge in [-0.2, -0.15) is 70.2 Å². The fourth-order valence-electron chi connectivity index (χ4n) is 1.13. The van der Waals surface area contributed by atoms with Gasteiger partial charge in [-0.15, -0.1) is 0 Å². The molecule has 0 radical (unpaired) electrons. The highest BCUT2D eigenvalue weighted by atomic mass is 19.4. The first kappa shape index (κ1) is 25.2. The van der Waals surface area contributed by atoms with E-state index in [1.807, 2.05) is 0 Å². The molecule has 0 N–H and O–H groups in total. The van der Waals surface area contributed by atoms with Crippen LogP contribution in [0.1, 0.15) is 0 Å². The van der Waals surface area contributed by atoms with Gasteiger partial charge in [-0.3, -0.25) is 9.59 Å². The molecule has 0 aliphatic rings. The third kappa shape index (κ3) is 3.53. The van der Waals surface area contributed by atoms with Crippen LogP contribution in [0.3, 0.4) is 0 Å². The van der Waals surface area contributed by atoms with Crippen molar-refractivity contribution in [3.05, 3.63) is 0 Å². The van der Waals surface area contributed by atoms with Crippen molar-refractivity contribution in [3.8, 4) is 0 Å². The van der Waals surface area contributed by atoms with Crippen molar-refractivity contribution in [2.75, 3.05) is 0 Å². The molecule has 0 aliphatic heterocycles. The third-order valence-corrected chi connectivity index (χ3v) is 2.64. The second-order valence-electron chi connectivity index (χ2n) is 4.53. The lowest BCUT2D eigenvalue weighted by molar-refractivity contribution is -0.349. The third-order valence-electron chi connectivity index (χ3n) is 2.64. The summed E-state index contributed by atoms with van der Waals surface area (Å²) in [5, 5.41) is 0. The number of carbonyl (C=O) groups is 2. The summed E-state index contributed by atoms with van der Waals surface area (Å²) in [6.07, 6.45) is -14.9. The molecular weight excluding hydrogens is 444 g/mol. The maximum atomic E-state index is 13.0. The lowest BCUT2D eigenvalue weighted by Crippen LogP contribution is -2.67. The normalized spacial score (nSPS) is 15.7. The summed E-state index contributed by atoms with van der Waals surface area (Å²) >= 11 is 0. The van der Waals surface area contributed by atoms with Crippen LogP contribution < -0.4 is 0 Å². The van der Waals surface area contributed by atoms with Gasteiger partial charge in [0.2, 0.25) is 0 Å². The number of alkyl halides is 16. The Balaban J connectivity index is 6.34. The van der Waals surface area contributed by atoms with Crippen LogP contribution in [0.5, 0.6) is 0 Å². The number of Topliss-reactive ketones (excluding diaryl/α,β-unsaturated/α-hetero) is 2. The van der Waals surface area contributed by atoms with Crippen molar-refractivity contribution in [1.29, 1.82) is 0 Å². The lowest BCUT2D eigenvalue weighted by Gasteiger charge is -2.32. The van der Waals surface area contributed by atoms with Crippen LogP contribution in [-0.2, 0) is 9.59 Å². The topological polar surface area (TPSA) is 34.1 Å². The summed E-state index contributed by atoms with van der Waals surface area (Å²) in [6, 6.07) is 0. The summed E-state index contributed by atoms with van der Waals surface area (Å²) in [5.74, 6) is -49.2. The molecule has 0 spiro atoms. The smallest absolute Gasteiger partial charge is 0.286 e. The van der Waals surface area contributed by atoms with Crippen LogP contribution in [0.4, 0.5) is 70.2 Å². The molecule has 18 heteroatoms. The van der Waals surface area contributed by atoms with Crippen LogP contribution in [0.25, 0.3) is 0 Å². The average Bonchev–Trinajstić information content (AvgIpc) is 2.42. The summed E-state index contributed by atoms with van der Waals surface area (Å²) in [7, 11) is 0. The van der Waals surface area contributed by atoms with Gasteiger partial charge in [0.05, 0.1) is 0 Å². The predicted octanol–water partition coefficient (Wildman–Crippen LogP) is 4.43. The van der Waals surface area contributed by atoms with E-state index in [1.54, 1.807) is 0 Å². The minimum Gasteiger partial charge on any atom is -0.286 e. The van der Waals surface area contributed by atoms with Crippen LogP contribution >= 0.6 is 0 Å². The summed E-state index contributed by atoms with van der Waals surface area (Å²) in [4.78, 5) is 20.8. The fourth-order valence-corrected chi connectivity index (χ4v) is 1.13. The zero-order valence-corrected chi connectivity index (χ0v) is 11.4. The largest absolute Gasteiger partial charge is 0.461 e. The summed E-state index contributed by atoms with van der Waals surface area (Å²) in [6.45, 7) is 0. The number of hydrogen-bond donors (Lipinski definition) is 0. The SMILES string of the molecule is O=C(C(F)(F)C(F)(F)F)C(F)(F)C(F)(F)C(=O)C(F)(F)C(F)(F)C(F)(F)F. The van der Waals surface area contributed by atoms with Gasteiger partial charge in [0.15, 0.2) is 0 Å². The predicted molar refractivity (Wildman–Crippen MR) is 46.9 cm³/mol. The molecule has 0 heterocycles. The molecule has 2 nitrogen and oxygen atoms in total. The number of rotatable bonds is 6. The van der Waals surface area contributed by atoms with E-state index in [2.05, 4.69) is 0 Å². The first-order chi connectivity index (χ1) is 11.3. The van der Waals surface area contributed by atoms with Gasteiger partial charge >= 0.3 is 42.0 Å². The van der Waals surface area contributed by atoms with Crippen LogP contribution in [-0.4, -0.2) is 53.5 Å². The Kier molecular flexibility index (Phi) is 5.71. The summed E-state index contributed by atoms with van der Waals surface area (Å²) in [5.41, 5.74) is 0. The van der Waals surface area contributed by atoms with E-state index in [0.717, 1.165) is 0 Å². The Labute approximate surface area is 135 Å². The van der Waals surface area contributed by atoms with Crippen molar-refractivity contribution < 1.29 is 79.8 Å².